The first-order valence-corrected chi connectivity index (χ1v) is 7.02. The molecule has 1 aliphatic heterocycles. The highest BCUT2D eigenvalue weighted by Crippen LogP contribution is 2.28. The summed E-state index contributed by atoms with van der Waals surface area (Å²) < 4.78 is 0.975. The topological polar surface area (TPSA) is 40.5 Å². The lowest BCUT2D eigenvalue weighted by Gasteiger charge is -2.46. The predicted molar refractivity (Wildman–Crippen MR) is 74.6 cm³/mol. The minimum Gasteiger partial charge on any atom is -0.386 e. The Hall–Kier alpha value is -0.870. The van der Waals surface area contributed by atoms with E-state index in [1.807, 2.05) is 32.0 Å². The molecule has 0 radical (unpaired) electrons. The van der Waals surface area contributed by atoms with Crippen LogP contribution in [-0.2, 0) is 0 Å². The van der Waals surface area contributed by atoms with Crippen molar-refractivity contribution in [1.82, 2.24) is 4.90 Å². The number of hydrogen-bond donors (Lipinski definition) is 1. The van der Waals surface area contributed by atoms with Crippen LogP contribution in [0.3, 0.4) is 0 Å². The molecule has 0 aromatic heterocycles. The zero-order valence-corrected chi connectivity index (χ0v) is 12.3. The van der Waals surface area contributed by atoms with Gasteiger partial charge in [-0.2, -0.15) is 0 Å². The maximum Gasteiger partial charge on any atom is 0.254 e. The first-order chi connectivity index (χ1) is 8.45. The van der Waals surface area contributed by atoms with Gasteiger partial charge in [0.15, 0.2) is 0 Å². The molecule has 0 atom stereocenters. The van der Waals surface area contributed by atoms with Crippen LogP contribution >= 0.6 is 15.9 Å². The van der Waals surface area contributed by atoms with Crippen LogP contribution in [-0.4, -0.2) is 34.6 Å². The SMILES string of the molecule is CCCC1(O)CN(C(=O)c2ccc(Br)cc2C)C1. The summed E-state index contributed by atoms with van der Waals surface area (Å²) in [5.41, 5.74) is 1.02. The molecule has 1 aromatic carbocycles. The number of β-amino-alcohol motifs (C(OH)–C–C–N with tert-alkyl or cyclic N) is 1. The fraction of sp³-hybridized carbons (Fsp3) is 0.500. The molecule has 1 saturated heterocycles. The molecule has 0 spiro atoms. The third kappa shape index (κ3) is 2.59. The second kappa shape index (κ2) is 5.02. The summed E-state index contributed by atoms with van der Waals surface area (Å²) in [4.78, 5) is 14.0. The van der Waals surface area contributed by atoms with E-state index in [-0.39, 0.29) is 5.91 Å². The molecular formula is C14H18BrNO2. The van der Waals surface area contributed by atoms with E-state index in [4.69, 9.17) is 0 Å². The van der Waals surface area contributed by atoms with Gasteiger partial charge < -0.3 is 10.0 Å². The second-order valence-electron chi connectivity index (χ2n) is 5.09. The summed E-state index contributed by atoms with van der Waals surface area (Å²) in [6.07, 6.45) is 1.70. The van der Waals surface area contributed by atoms with Gasteiger partial charge in [-0.25, -0.2) is 0 Å². The molecule has 0 unspecified atom stereocenters. The van der Waals surface area contributed by atoms with Crippen molar-refractivity contribution in [3.63, 3.8) is 0 Å². The highest BCUT2D eigenvalue weighted by molar-refractivity contribution is 9.10. The lowest BCUT2D eigenvalue weighted by molar-refractivity contribution is -0.0860. The van der Waals surface area contributed by atoms with Crippen molar-refractivity contribution >= 4 is 21.8 Å². The summed E-state index contributed by atoms with van der Waals surface area (Å²) in [6.45, 7) is 4.88. The molecule has 1 aromatic rings. The molecule has 1 N–H and O–H groups in total. The molecule has 4 heteroatoms. The van der Waals surface area contributed by atoms with Crippen LogP contribution in [0.2, 0.25) is 0 Å². The molecule has 1 heterocycles. The number of nitrogens with zero attached hydrogens (tertiary/aromatic N) is 1. The number of benzene rings is 1. The number of aliphatic hydroxyl groups is 1. The maximum atomic E-state index is 12.3. The number of carbonyl (C=O) groups excluding carboxylic acids is 1. The molecule has 3 nitrogen and oxygen atoms in total. The Balaban J connectivity index is 2.06. The van der Waals surface area contributed by atoms with Gasteiger partial charge in [-0.05, 0) is 37.1 Å². The van der Waals surface area contributed by atoms with Crippen LogP contribution < -0.4 is 0 Å². The number of halogens is 1. The van der Waals surface area contributed by atoms with Crippen LogP contribution in [0.15, 0.2) is 22.7 Å². The van der Waals surface area contributed by atoms with Crippen LogP contribution in [0, 0.1) is 6.92 Å². The average Bonchev–Trinajstić information content (AvgIpc) is 2.25. The van der Waals surface area contributed by atoms with E-state index in [1.54, 1.807) is 4.90 Å². The summed E-state index contributed by atoms with van der Waals surface area (Å²) in [5.74, 6) is 0.0146. The molecule has 0 saturated carbocycles. The van der Waals surface area contributed by atoms with Crippen molar-refractivity contribution in [2.45, 2.75) is 32.3 Å². The third-order valence-electron chi connectivity index (χ3n) is 3.39. The highest BCUT2D eigenvalue weighted by Gasteiger charge is 2.42. The predicted octanol–water partition coefficient (Wildman–Crippen LogP) is 2.74. The first-order valence-electron chi connectivity index (χ1n) is 6.23. The number of likely N-dealkylation sites (tertiary alicyclic amines) is 1. The number of hydrogen-bond acceptors (Lipinski definition) is 2. The van der Waals surface area contributed by atoms with Crippen LogP contribution in [0.4, 0.5) is 0 Å². The van der Waals surface area contributed by atoms with Gasteiger partial charge in [-0.1, -0.05) is 29.3 Å². The summed E-state index contributed by atoms with van der Waals surface area (Å²) >= 11 is 3.39. The first kappa shape index (κ1) is 13.6. The van der Waals surface area contributed by atoms with Crippen molar-refractivity contribution in [3.8, 4) is 0 Å². The lowest BCUT2D eigenvalue weighted by Crippen LogP contribution is -2.63. The van der Waals surface area contributed by atoms with E-state index in [0.29, 0.717) is 13.1 Å². The number of amides is 1. The van der Waals surface area contributed by atoms with Crippen molar-refractivity contribution < 1.29 is 9.90 Å². The quantitative estimate of drug-likeness (QED) is 0.932. The van der Waals surface area contributed by atoms with Gasteiger partial charge in [0.1, 0.15) is 0 Å². The summed E-state index contributed by atoms with van der Waals surface area (Å²) in [7, 11) is 0. The molecule has 0 bridgehead atoms. The number of aryl methyl sites for hydroxylation is 1. The molecule has 98 valence electrons. The zero-order valence-electron chi connectivity index (χ0n) is 10.7. The van der Waals surface area contributed by atoms with Crippen molar-refractivity contribution in [1.29, 1.82) is 0 Å². The van der Waals surface area contributed by atoms with E-state index in [9.17, 15) is 9.90 Å². The average molecular weight is 312 g/mol. The molecule has 18 heavy (non-hydrogen) atoms. The van der Waals surface area contributed by atoms with Gasteiger partial charge in [-0.3, -0.25) is 4.79 Å². The molecule has 1 aliphatic rings. The Labute approximate surface area is 116 Å². The molecule has 0 aliphatic carbocycles. The van der Waals surface area contributed by atoms with Crippen molar-refractivity contribution in [2.75, 3.05) is 13.1 Å². The Kier molecular flexibility index (Phi) is 3.78. The molecule has 2 rings (SSSR count). The van der Waals surface area contributed by atoms with Crippen LogP contribution in [0.1, 0.15) is 35.7 Å². The van der Waals surface area contributed by atoms with Gasteiger partial charge in [0.25, 0.3) is 5.91 Å². The fourth-order valence-electron chi connectivity index (χ4n) is 2.47. The standard InChI is InChI=1S/C14H18BrNO2/c1-3-6-14(18)8-16(9-14)13(17)12-5-4-11(15)7-10(12)2/h4-5,7,18H,3,6,8-9H2,1-2H3. The monoisotopic (exact) mass is 311 g/mol. The maximum absolute atomic E-state index is 12.3. The van der Waals surface area contributed by atoms with Gasteiger partial charge in [0.05, 0.1) is 18.7 Å². The van der Waals surface area contributed by atoms with Gasteiger partial charge in [-0.15, -0.1) is 0 Å². The van der Waals surface area contributed by atoms with Gasteiger partial charge in [0, 0.05) is 10.0 Å². The van der Waals surface area contributed by atoms with Crippen molar-refractivity contribution in [2.24, 2.45) is 0 Å². The van der Waals surface area contributed by atoms with E-state index in [0.717, 1.165) is 28.4 Å². The number of carbonyl (C=O) groups is 1. The summed E-state index contributed by atoms with van der Waals surface area (Å²) in [6, 6.07) is 5.64. The Bertz CT molecular complexity index is 467. The van der Waals surface area contributed by atoms with E-state index >= 15 is 0 Å². The van der Waals surface area contributed by atoms with Crippen LogP contribution in [0.5, 0.6) is 0 Å². The Morgan fingerprint density at radius 3 is 2.72 bits per heavy atom. The second-order valence-corrected chi connectivity index (χ2v) is 6.01. The Morgan fingerprint density at radius 2 is 2.17 bits per heavy atom. The number of rotatable bonds is 3. The van der Waals surface area contributed by atoms with Crippen LogP contribution in [0.25, 0.3) is 0 Å². The smallest absolute Gasteiger partial charge is 0.254 e. The van der Waals surface area contributed by atoms with E-state index in [1.165, 1.54) is 0 Å². The summed E-state index contributed by atoms with van der Waals surface area (Å²) in [5, 5.41) is 10.1. The normalized spacial score (nSPS) is 17.4. The largest absolute Gasteiger partial charge is 0.386 e. The molecule has 1 amide bonds. The lowest BCUT2D eigenvalue weighted by atomic mass is 9.88. The zero-order chi connectivity index (χ0) is 13.3. The minimum absolute atomic E-state index is 0.0146. The van der Waals surface area contributed by atoms with Crippen molar-refractivity contribution in [3.05, 3.63) is 33.8 Å². The molecular weight excluding hydrogens is 294 g/mol. The fourth-order valence-corrected chi connectivity index (χ4v) is 2.94. The Morgan fingerprint density at radius 1 is 1.50 bits per heavy atom. The highest BCUT2D eigenvalue weighted by atomic mass is 79.9. The van der Waals surface area contributed by atoms with Gasteiger partial charge >= 0.3 is 0 Å². The van der Waals surface area contributed by atoms with E-state index < -0.39 is 5.60 Å². The van der Waals surface area contributed by atoms with Gasteiger partial charge in [0.2, 0.25) is 0 Å². The minimum atomic E-state index is -0.659. The molecule has 1 fully saturated rings. The third-order valence-corrected chi connectivity index (χ3v) is 3.89. The van der Waals surface area contributed by atoms with E-state index in [2.05, 4.69) is 15.9 Å².